The smallest absolute Gasteiger partial charge is 0.253 e. The Balaban J connectivity index is 1.89. The van der Waals surface area contributed by atoms with Crippen molar-refractivity contribution in [1.29, 1.82) is 0 Å². The molecule has 0 radical (unpaired) electrons. The molecule has 4 heteroatoms. The van der Waals surface area contributed by atoms with E-state index in [0.717, 1.165) is 31.2 Å². The number of hydrogen-bond acceptors (Lipinski definition) is 2. The van der Waals surface area contributed by atoms with Crippen molar-refractivity contribution in [2.75, 3.05) is 5.32 Å². The lowest BCUT2D eigenvalue weighted by molar-refractivity contribution is -0.121. The molecule has 1 aliphatic rings. The first kappa shape index (κ1) is 19.2. The van der Waals surface area contributed by atoms with Crippen molar-refractivity contribution in [3.05, 3.63) is 65.7 Å². The van der Waals surface area contributed by atoms with Gasteiger partial charge in [0.15, 0.2) is 0 Å². The van der Waals surface area contributed by atoms with Crippen LogP contribution < -0.4 is 10.6 Å². The van der Waals surface area contributed by atoms with Crippen molar-refractivity contribution in [1.82, 2.24) is 5.32 Å². The Bertz CT molecular complexity index is 816. The summed E-state index contributed by atoms with van der Waals surface area (Å²) in [7, 11) is 0. The van der Waals surface area contributed by atoms with Crippen LogP contribution >= 0.6 is 0 Å². The molecule has 4 nitrogen and oxygen atoms in total. The van der Waals surface area contributed by atoms with Gasteiger partial charge in [-0.15, -0.1) is 0 Å². The van der Waals surface area contributed by atoms with E-state index in [1.807, 2.05) is 63.2 Å². The zero-order valence-electron chi connectivity index (χ0n) is 16.3. The Hall–Kier alpha value is -2.62. The van der Waals surface area contributed by atoms with E-state index in [4.69, 9.17) is 0 Å². The zero-order valence-corrected chi connectivity index (χ0v) is 16.3. The zero-order chi connectivity index (χ0) is 19.5. The van der Waals surface area contributed by atoms with Crippen LogP contribution in [0.5, 0.6) is 0 Å². The summed E-state index contributed by atoms with van der Waals surface area (Å²) in [6, 6.07) is 17.2. The van der Waals surface area contributed by atoms with Crippen LogP contribution in [0.3, 0.4) is 0 Å². The maximum Gasteiger partial charge on any atom is 0.253 e. The average molecular weight is 364 g/mol. The number of benzene rings is 2. The second-order valence-corrected chi connectivity index (χ2v) is 8.36. The maximum absolute atomic E-state index is 13.4. The minimum absolute atomic E-state index is 0.0257. The van der Waals surface area contributed by atoms with Crippen LogP contribution in [0.2, 0.25) is 0 Å². The van der Waals surface area contributed by atoms with Gasteiger partial charge >= 0.3 is 0 Å². The van der Waals surface area contributed by atoms with Gasteiger partial charge in [-0.25, -0.2) is 0 Å². The fourth-order valence-electron chi connectivity index (χ4n) is 3.82. The van der Waals surface area contributed by atoms with Gasteiger partial charge in [0.1, 0.15) is 0 Å². The van der Waals surface area contributed by atoms with Gasteiger partial charge in [-0.3, -0.25) is 9.59 Å². The number of anilines is 1. The van der Waals surface area contributed by atoms with E-state index in [1.54, 1.807) is 12.1 Å². The van der Waals surface area contributed by atoms with E-state index in [1.165, 1.54) is 0 Å². The maximum atomic E-state index is 13.4. The van der Waals surface area contributed by atoms with Crippen LogP contribution in [0.15, 0.2) is 54.6 Å². The standard InChI is InChI=1S/C23H28N2O2/c1-22(2,3)25-20(26)18-13-7-8-14-19(18)24-21(27)23(15-9-10-16-23)17-11-5-4-6-12-17/h4-8,11-14H,9-10,15-16H2,1-3H3,(H,24,27)(H,25,26). The molecule has 2 amide bonds. The molecule has 2 N–H and O–H groups in total. The SMILES string of the molecule is CC(C)(C)NC(=O)c1ccccc1NC(=O)C1(c2ccccc2)CCCC1. The Morgan fingerprint density at radius 2 is 1.48 bits per heavy atom. The first-order valence-corrected chi connectivity index (χ1v) is 9.60. The molecule has 142 valence electrons. The first-order chi connectivity index (χ1) is 12.8. The second kappa shape index (κ2) is 7.55. The summed E-state index contributed by atoms with van der Waals surface area (Å²) in [5.41, 5.74) is 1.24. The second-order valence-electron chi connectivity index (χ2n) is 8.36. The number of nitrogens with one attached hydrogen (secondary N) is 2. The summed E-state index contributed by atoms with van der Waals surface area (Å²) >= 11 is 0. The van der Waals surface area contributed by atoms with Crippen molar-refractivity contribution >= 4 is 17.5 Å². The Kier molecular flexibility index (Phi) is 5.36. The molecule has 0 unspecified atom stereocenters. The molecule has 2 aromatic rings. The van der Waals surface area contributed by atoms with Crippen molar-refractivity contribution in [3.8, 4) is 0 Å². The molecule has 0 aromatic heterocycles. The van der Waals surface area contributed by atoms with Crippen LogP contribution in [0.4, 0.5) is 5.69 Å². The third-order valence-electron chi connectivity index (χ3n) is 5.13. The van der Waals surface area contributed by atoms with Crippen molar-refractivity contribution < 1.29 is 9.59 Å². The summed E-state index contributed by atoms with van der Waals surface area (Å²) in [4.78, 5) is 26.0. The normalized spacial score (nSPS) is 16.0. The fraction of sp³-hybridized carbons (Fsp3) is 0.391. The number of hydrogen-bond donors (Lipinski definition) is 2. The van der Waals surface area contributed by atoms with E-state index >= 15 is 0 Å². The predicted molar refractivity (Wildman–Crippen MR) is 109 cm³/mol. The van der Waals surface area contributed by atoms with E-state index in [2.05, 4.69) is 10.6 Å². The molecule has 1 saturated carbocycles. The van der Waals surface area contributed by atoms with E-state index < -0.39 is 5.41 Å². The van der Waals surface area contributed by atoms with Gasteiger partial charge in [-0.1, -0.05) is 55.3 Å². The number of carbonyl (C=O) groups excluding carboxylic acids is 2. The van der Waals surface area contributed by atoms with Gasteiger partial charge in [0.25, 0.3) is 5.91 Å². The van der Waals surface area contributed by atoms with Crippen LogP contribution in [-0.4, -0.2) is 17.4 Å². The van der Waals surface area contributed by atoms with E-state index in [-0.39, 0.29) is 17.4 Å². The van der Waals surface area contributed by atoms with E-state index in [9.17, 15) is 9.59 Å². The number of carbonyl (C=O) groups is 2. The number of amides is 2. The molecular weight excluding hydrogens is 336 g/mol. The fourth-order valence-corrected chi connectivity index (χ4v) is 3.82. The van der Waals surface area contributed by atoms with Crippen molar-refractivity contribution in [2.45, 2.75) is 57.4 Å². The highest BCUT2D eigenvalue weighted by Crippen LogP contribution is 2.42. The Labute approximate surface area is 161 Å². The molecule has 0 spiro atoms. The molecule has 3 rings (SSSR count). The summed E-state index contributed by atoms with van der Waals surface area (Å²) in [5, 5.41) is 6.03. The highest BCUT2D eigenvalue weighted by Gasteiger charge is 2.42. The highest BCUT2D eigenvalue weighted by molar-refractivity contribution is 6.06. The lowest BCUT2D eigenvalue weighted by Crippen LogP contribution is -2.41. The van der Waals surface area contributed by atoms with Crippen molar-refractivity contribution in [2.24, 2.45) is 0 Å². The Morgan fingerprint density at radius 1 is 0.889 bits per heavy atom. The van der Waals surface area contributed by atoms with Gasteiger partial charge < -0.3 is 10.6 Å². The quantitative estimate of drug-likeness (QED) is 0.828. The predicted octanol–water partition coefficient (Wildman–Crippen LogP) is 4.67. The topological polar surface area (TPSA) is 58.2 Å². The summed E-state index contributed by atoms with van der Waals surface area (Å²) in [6.45, 7) is 5.82. The molecule has 27 heavy (non-hydrogen) atoms. The number of rotatable bonds is 4. The molecule has 0 bridgehead atoms. The van der Waals surface area contributed by atoms with Gasteiger partial charge in [0, 0.05) is 5.54 Å². The third-order valence-corrected chi connectivity index (χ3v) is 5.13. The van der Waals surface area contributed by atoms with Gasteiger partial charge in [0.2, 0.25) is 5.91 Å². The van der Waals surface area contributed by atoms with E-state index in [0.29, 0.717) is 11.3 Å². The first-order valence-electron chi connectivity index (χ1n) is 9.60. The van der Waals surface area contributed by atoms with Crippen LogP contribution in [0, 0.1) is 0 Å². The summed E-state index contributed by atoms with van der Waals surface area (Å²) < 4.78 is 0. The number of para-hydroxylation sites is 1. The third kappa shape index (κ3) is 4.21. The summed E-state index contributed by atoms with van der Waals surface area (Å²) in [5.74, 6) is -0.208. The molecule has 0 saturated heterocycles. The highest BCUT2D eigenvalue weighted by atomic mass is 16.2. The van der Waals surface area contributed by atoms with Crippen molar-refractivity contribution in [3.63, 3.8) is 0 Å². The molecule has 0 atom stereocenters. The van der Waals surface area contributed by atoms with Gasteiger partial charge in [-0.05, 0) is 51.3 Å². The molecule has 2 aromatic carbocycles. The average Bonchev–Trinajstić information content (AvgIpc) is 3.12. The lowest BCUT2D eigenvalue weighted by atomic mass is 9.78. The van der Waals surface area contributed by atoms with Crippen LogP contribution in [0.1, 0.15) is 62.4 Å². The molecule has 0 aliphatic heterocycles. The molecular formula is C23H28N2O2. The van der Waals surface area contributed by atoms with Crippen LogP contribution in [0.25, 0.3) is 0 Å². The largest absolute Gasteiger partial charge is 0.347 e. The van der Waals surface area contributed by atoms with Crippen LogP contribution in [-0.2, 0) is 10.2 Å². The Morgan fingerprint density at radius 3 is 2.11 bits per heavy atom. The molecule has 1 aliphatic carbocycles. The minimum atomic E-state index is -0.519. The lowest BCUT2D eigenvalue weighted by Gasteiger charge is -2.29. The summed E-state index contributed by atoms with van der Waals surface area (Å²) in [6.07, 6.45) is 3.74. The van der Waals surface area contributed by atoms with Gasteiger partial charge in [0.05, 0.1) is 16.7 Å². The van der Waals surface area contributed by atoms with Gasteiger partial charge in [-0.2, -0.15) is 0 Å². The minimum Gasteiger partial charge on any atom is -0.347 e. The monoisotopic (exact) mass is 364 g/mol. The molecule has 0 heterocycles. The molecule has 1 fully saturated rings.